The summed E-state index contributed by atoms with van der Waals surface area (Å²) in [6.07, 6.45) is 9.67. The minimum Gasteiger partial charge on any atom is -0.395 e. The van der Waals surface area contributed by atoms with Crippen molar-refractivity contribution in [2.75, 3.05) is 18.1 Å². The molecule has 0 atom stereocenters. The molecule has 7 heteroatoms. The van der Waals surface area contributed by atoms with Gasteiger partial charge in [0, 0.05) is 29.9 Å². The standard InChI is InChI=1S/C19H23N5OS/c1-12(2)24(9-10-25)18-16-13-5-3-4-6-15(13)26-19(16)23-17(22-18)14-11-20-7-8-21-14/h7-8,11-12,25H,3-6,9-10H2,1-2H3. The van der Waals surface area contributed by atoms with E-state index in [1.807, 2.05) is 0 Å². The van der Waals surface area contributed by atoms with Crippen LogP contribution < -0.4 is 4.90 Å². The zero-order valence-corrected chi connectivity index (χ0v) is 16.0. The molecule has 1 aliphatic carbocycles. The highest BCUT2D eigenvalue weighted by molar-refractivity contribution is 7.19. The minimum absolute atomic E-state index is 0.0937. The number of aromatic nitrogens is 4. The van der Waals surface area contributed by atoms with E-state index in [0.717, 1.165) is 23.5 Å². The van der Waals surface area contributed by atoms with E-state index in [9.17, 15) is 5.11 Å². The Bertz CT molecular complexity index is 909. The second-order valence-corrected chi connectivity index (χ2v) is 7.95. The fourth-order valence-corrected chi connectivity index (χ4v) is 4.85. The van der Waals surface area contributed by atoms with Gasteiger partial charge in [0.25, 0.3) is 0 Å². The lowest BCUT2D eigenvalue weighted by atomic mass is 9.96. The van der Waals surface area contributed by atoms with Crippen LogP contribution in [0.15, 0.2) is 18.6 Å². The fourth-order valence-electron chi connectivity index (χ4n) is 3.59. The molecule has 0 aliphatic heterocycles. The Kier molecular flexibility index (Phi) is 4.82. The van der Waals surface area contributed by atoms with Crippen LogP contribution in [0.25, 0.3) is 21.7 Å². The number of fused-ring (bicyclic) bond motifs is 3. The van der Waals surface area contributed by atoms with E-state index < -0.39 is 0 Å². The monoisotopic (exact) mass is 369 g/mol. The zero-order valence-electron chi connectivity index (χ0n) is 15.1. The molecule has 0 unspecified atom stereocenters. The van der Waals surface area contributed by atoms with E-state index >= 15 is 0 Å². The van der Waals surface area contributed by atoms with Crippen molar-refractivity contribution in [3.05, 3.63) is 29.0 Å². The fraction of sp³-hybridized carbons (Fsp3) is 0.474. The minimum atomic E-state index is 0.0937. The van der Waals surface area contributed by atoms with E-state index in [-0.39, 0.29) is 12.6 Å². The lowest BCUT2D eigenvalue weighted by Crippen LogP contribution is -2.34. The normalized spacial score (nSPS) is 14.0. The van der Waals surface area contributed by atoms with Gasteiger partial charge < -0.3 is 10.0 Å². The first-order chi connectivity index (χ1) is 12.7. The van der Waals surface area contributed by atoms with Gasteiger partial charge in [0.2, 0.25) is 0 Å². The molecule has 0 radical (unpaired) electrons. The SMILES string of the molecule is CC(C)N(CCO)c1nc(-c2cnccn2)nc2sc3c(c12)CCCC3. The molecule has 1 N–H and O–H groups in total. The molecule has 0 bridgehead atoms. The summed E-state index contributed by atoms with van der Waals surface area (Å²) in [5.41, 5.74) is 2.08. The first-order valence-corrected chi connectivity index (χ1v) is 9.97. The van der Waals surface area contributed by atoms with Gasteiger partial charge >= 0.3 is 0 Å². The predicted octanol–water partition coefficient (Wildman–Crippen LogP) is 3.23. The smallest absolute Gasteiger partial charge is 0.183 e. The van der Waals surface area contributed by atoms with Crippen molar-refractivity contribution in [2.24, 2.45) is 0 Å². The molecule has 3 aromatic heterocycles. The summed E-state index contributed by atoms with van der Waals surface area (Å²) in [5.74, 6) is 1.52. The number of aliphatic hydroxyl groups is 1. The highest BCUT2D eigenvalue weighted by atomic mass is 32.1. The third kappa shape index (κ3) is 3.05. The summed E-state index contributed by atoms with van der Waals surface area (Å²) in [6, 6.07) is 0.231. The van der Waals surface area contributed by atoms with E-state index in [1.54, 1.807) is 29.9 Å². The highest BCUT2D eigenvalue weighted by Crippen LogP contribution is 2.40. The van der Waals surface area contributed by atoms with Gasteiger partial charge in [-0.05, 0) is 45.1 Å². The van der Waals surface area contributed by atoms with Gasteiger partial charge in [0.05, 0.1) is 18.2 Å². The van der Waals surface area contributed by atoms with Gasteiger partial charge in [-0.25, -0.2) is 15.0 Å². The Hall–Kier alpha value is -2.12. The number of nitrogens with zero attached hydrogens (tertiary/aromatic N) is 5. The number of aliphatic hydroxyl groups excluding tert-OH is 1. The Balaban J connectivity index is 1.97. The molecule has 0 fully saturated rings. The van der Waals surface area contributed by atoms with E-state index in [4.69, 9.17) is 9.97 Å². The van der Waals surface area contributed by atoms with Gasteiger partial charge in [-0.3, -0.25) is 4.98 Å². The van der Waals surface area contributed by atoms with Crippen molar-refractivity contribution in [2.45, 2.75) is 45.6 Å². The van der Waals surface area contributed by atoms with Gasteiger partial charge in [0.1, 0.15) is 16.3 Å². The Labute approximate surface area is 157 Å². The van der Waals surface area contributed by atoms with Crippen LogP contribution in [0.1, 0.15) is 37.1 Å². The van der Waals surface area contributed by atoms with Crippen LogP contribution in [0, 0.1) is 0 Å². The summed E-state index contributed by atoms with van der Waals surface area (Å²) in [5, 5.41) is 10.8. The summed E-state index contributed by atoms with van der Waals surface area (Å²) in [6.45, 7) is 4.90. The number of thiophene rings is 1. The Morgan fingerprint density at radius 3 is 2.77 bits per heavy atom. The van der Waals surface area contributed by atoms with Gasteiger partial charge in [-0.2, -0.15) is 0 Å². The number of hydrogen-bond acceptors (Lipinski definition) is 7. The summed E-state index contributed by atoms with van der Waals surface area (Å²) in [4.78, 5) is 22.9. The van der Waals surface area contributed by atoms with Crippen LogP contribution in [-0.4, -0.2) is 44.2 Å². The van der Waals surface area contributed by atoms with Gasteiger partial charge in [-0.1, -0.05) is 0 Å². The maximum Gasteiger partial charge on any atom is 0.183 e. The van der Waals surface area contributed by atoms with Crippen molar-refractivity contribution in [3.8, 4) is 11.5 Å². The van der Waals surface area contributed by atoms with Crippen LogP contribution in [0.2, 0.25) is 0 Å². The number of anilines is 1. The van der Waals surface area contributed by atoms with Crippen molar-refractivity contribution >= 4 is 27.4 Å². The number of aryl methyl sites for hydroxylation is 2. The Morgan fingerprint density at radius 2 is 2.04 bits per heavy atom. The van der Waals surface area contributed by atoms with E-state index in [1.165, 1.54) is 28.7 Å². The van der Waals surface area contributed by atoms with Crippen LogP contribution >= 0.6 is 11.3 Å². The third-order valence-corrected chi connectivity index (χ3v) is 6.01. The summed E-state index contributed by atoms with van der Waals surface area (Å²) in [7, 11) is 0. The number of rotatable bonds is 5. The maximum absolute atomic E-state index is 9.59. The van der Waals surface area contributed by atoms with E-state index in [0.29, 0.717) is 18.1 Å². The molecule has 0 saturated heterocycles. The van der Waals surface area contributed by atoms with Gasteiger partial charge in [0.15, 0.2) is 5.82 Å². The highest BCUT2D eigenvalue weighted by Gasteiger charge is 2.25. The molecule has 0 aromatic carbocycles. The second kappa shape index (κ2) is 7.25. The van der Waals surface area contributed by atoms with Gasteiger partial charge in [-0.15, -0.1) is 11.3 Å². The molecule has 26 heavy (non-hydrogen) atoms. The molecule has 3 heterocycles. The lowest BCUT2D eigenvalue weighted by molar-refractivity contribution is 0.299. The lowest BCUT2D eigenvalue weighted by Gasteiger charge is -2.28. The average molecular weight is 369 g/mol. The molecule has 3 aromatic rings. The molecule has 6 nitrogen and oxygen atoms in total. The predicted molar refractivity (Wildman–Crippen MR) is 105 cm³/mol. The molecular weight excluding hydrogens is 346 g/mol. The largest absolute Gasteiger partial charge is 0.395 e. The Morgan fingerprint density at radius 1 is 1.19 bits per heavy atom. The first kappa shape index (κ1) is 17.3. The molecule has 1 aliphatic rings. The van der Waals surface area contributed by atoms with Crippen molar-refractivity contribution in [3.63, 3.8) is 0 Å². The van der Waals surface area contributed by atoms with Crippen LogP contribution in [0.5, 0.6) is 0 Å². The molecule has 4 rings (SSSR count). The van der Waals surface area contributed by atoms with Crippen molar-refractivity contribution in [1.29, 1.82) is 0 Å². The van der Waals surface area contributed by atoms with E-state index in [2.05, 4.69) is 28.7 Å². The summed E-state index contributed by atoms with van der Waals surface area (Å²) >= 11 is 1.78. The zero-order chi connectivity index (χ0) is 18.1. The first-order valence-electron chi connectivity index (χ1n) is 9.15. The maximum atomic E-state index is 9.59. The van der Waals surface area contributed by atoms with Crippen LogP contribution in [0.4, 0.5) is 5.82 Å². The molecular formula is C19H23N5OS. The average Bonchev–Trinajstić information content (AvgIpc) is 3.04. The third-order valence-electron chi connectivity index (χ3n) is 4.82. The number of hydrogen-bond donors (Lipinski definition) is 1. The van der Waals surface area contributed by atoms with Crippen molar-refractivity contribution in [1.82, 2.24) is 19.9 Å². The second-order valence-electron chi connectivity index (χ2n) is 6.86. The molecule has 0 amide bonds. The quantitative estimate of drug-likeness (QED) is 0.744. The van der Waals surface area contributed by atoms with Crippen LogP contribution in [0.3, 0.4) is 0 Å². The molecule has 136 valence electrons. The van der Waals surface area contributed by atoms with Crippen molar-refractivity contribution < 1.29 is 5.11 Å². The molecule has 0 spiro atoms. The van der Waals surface area contributed by atoms with Crippen LogP contribution in [-0.2, 0) is 12.8 Å². The molecule has 0 saturated carbocycles. The topological polar surface area (TPSA) is 75.0 Å². The summed E-state index contributed by atoms with van der Waals surface area (Å²) < 4.78 is 0.